The Labute approximate surface area is 148 Å². The van der Waals surface area contributed by atoms with Gasteiger partial charge in [-0.25, -0.2) is 0 Å². The lowest BCUT2D eigenvalue weighted by Gasteiger charge is -2.14. The summed E-state index contributed by atoms with van der Waals surface area (Å²) >= 11 is 0. The summed E-state index contributed by atoms with van der Waals surface area (Å²) in [6.07, 6.45) is 1.45. The van der Waals surface area contributed by atoms with Crippen molar-refractivity contribution in [1.29, 1.82) is 0 Å². The van der Waals surface area contributed by atoms with Crippen LogP contribution in [-0.4, -0.2) is 6.29 Å². The predicted octanol–water partition coefficient (Wildman–Crippen LogP) is 5.06. The van der Waals surface area contributed by atoms with Gasteiger partial charge in [0.2, 0.25) is 0 Å². The van der Waals surface area contributed by atoms with Crippen molar-refractivity contribution in [3.63, 3.8) is 0 Å². The second-order valence-electron chi connectivity index (χ2n) is 5.77. The van der Waals surface area contributed by atoms with Crippen molar-refractivity contribution in [3.8, 4) is 0 Å². The molecule has 0 unspecified atom stereocenters. The van der Waals surface area contributed by atoms with Crippen molar-refractivity contribution in [2.24, 2.45) is 0 Å². The zero-order valence-electron chi connectivity index (χ0n) is 14.0. The molecule has 0 bridgehead atoms. The Morgan fingerprint density at radius 3 is 1.80 bits per heavy atom. The second-order valence-corrected chi connectivity index (χ2v) is 5.77. The molecule has 0 aliphatic heterocycles. The van der Waals surface area contributed by atoms with Gasteiger partial charge in [-0.3, -0.25) is 4.79 Å². The maximum atomic E-state index is 11.8. The van der Waals surface area contributed by atoms with Crippen molar-refractivity contribution in [2.45, 2.75) is 13.0 Å². The summed E-state index contributed by atoms with van der Waals surface area (Å²) in [7, 11) is 0. The molecular weight excluding hydrogens is 308 g/mol. The van der Waals surface area contributed by atoms with Gasteiger partial charge in [-0.15, -0.1) is 0 Å². The molecule has 2 heteroatoms. The maximum absolute atomic E-state index is 11.8. The van der Waals surface area contributed by atoms with Gasteiger partial charge in [-0.1, -0.05) is 91.0 Å². The van der Waals surface area contributed by atoms with E-state index in [4.69, 9.17) is 4.74 Å². The molecule has 3 aromatic rings. The Bertz CT molecular complexity index is 822. The van der Waals surface area contributed by atoms with Gasteiger partial charge in [0.05, 0.1) is 0 Å². The highest BCUT2D eigenvalue weighted by Crippen LogP contribution is 2.23. The molecule has 0 amide bonds. The molecule has 0 saturated carbocycles. The summed E-state index contributed by atoms with van der Waals surface area (Å²) in [6, 6.07) is 29.7. The molecule has 0 radical (unpaired) electrons. The minimum Gasteiger partial charge on any atom is -0.488 e. The lowest BCUT2D eigenvalue weighted by molar-refractivity contribution is -0.105. The van der Waals surface area contributed by atoms with Crippen LogP contribution in [0.2, 0.25) is 0 Å². The number of hydrogen-bond donors (Lipinski definition) is 0. The molecule has 0 heterocycles. The Morgan fingerprint density at radius 2 is 1.24 bits per heavy atom. The topological polar surface area (TPSA) is 26.3 Å². The normalized spacial score (nSPS) is 11.5. The summed E-state index contributed by atoms with van der Waals surface area (Å²) in [4.78, 5) is 11.8. The minimum atomic E-state index is 0.428. The molecule has 25 heavy (non-hydrogen) atoms. The molecule has 0 atom stereocenters. The van der Waals surface area contributed by atoms with Gasteiger partial charge in [-0.2, -0.15) is 0 Å². The smallest absolute Gasteiger partial charge is 0.150 e. The van der Waals surface area contributed by atoms with Crippen LogP contribution < -0.4 is 0 Å². The molecule has 0 fully saturated rings. The monoisotopic (exact) mass is 328 g/mol. The van der Waals surface area contributed by atoms with Crippen molar-refractivity contribution < 1.29 is 9.53 Å². The lowest BCUT2D eigenvalue weighted by Crippen LogP contribution is -2.02. The SMILES string of the molecule is O=CC(Cc1ccccc1)=C(OCc1ccccc1)c1ccccc1. The van der Waals surface area contributed by atoms with Crippen molar-refractivity contribution in [3.05, 3.63) is 113 Å². The van der Waals surface area contributed by atoms with E-state index in [0.29, 0.717) is 24.4 Å². The molecule has 3 aromatic carbocycles. The van der Waals surface area contributed by atoms with E-state index in [-0.39, 0.29) is 0 Å². The van der Waals surface area contributed by atoms with E-state index < -0.39 is 0 Å². The molecule has 0 N–H and O–H groups in total. The van der Waals surface area contributed by atoms with Crippen molar-refractivity contribution >= 4 is 12.0 Å². The van der Waals surface area contributed by atoms with Crippen LogP contribution in [0.15, 0.2) is 96.6 Å². The quantitative estimate of drug-likeness (QED) is 0.344. The number of aldehydes is 1. The van der Waals surface area contributed by atoms with Gasteiger partial charge in [0.25, 0.3) is 0 Å². The van der Waals surface area contributed by atoms with Gasteiger partial charge < -0.3 is 4.74 Å². The molecular formula is C23H20O2. The van der Waals surface area contributed by atoms with Crippen LogP contribution in [0.25, 0.3) is 5.76 Å². The summed E-state index contributed by atoms with van der Waals surface area (Å²) in [6.45, 7) is 0.428. The number of carbonyl (C=O) groups excluding carboxylic acids is 1. The number of ether oxygens (including phenoxy) is 1. The Hall–Kier alpha value is -3.13. The average molecular weight is 328 g/mol. The number of benzene rings is 3. The molecule has 124 valence electrons. The maximum Gasteiger partial charge on any atom is 0.150 e. The molecule has 0 aromatic heterocycles. The van der Waals surface area contributed by atoms with Crippen molar-refractivity contribution in [2.75, 3.05) is 0 Å². The van der Waals surface area contributed by atoms with Gasteiger partial charge in [0.1, 0.15) is 18.7 Å². The first-order valence-corrected chi connectivity index (χ1v) is 8.31. The molecule has 3 rings (SSSR count). The summed E-state index contributed by atoms with van der Waals surface area (Å²) in [5.74, 6) is 0.642. The molecule has 0 aliphatic rings. The largest absolute Gasteiger partial charge is 0.488 e. The van der Waals surface area contributed by atoms with E-state index in [0.717, 1.165) is 23.0 Å². The Balaban J connectivity index is 1.92. The third-order valence-electron chi connectivity index (χ3n) is 3.93. The molecule has 0 saturated heterocycles. The van der Waals surface area contributed by atoms with Gasteiger partial charge >= 0.3 is 0 Å². The predicted molar refractivity (Wildman–Crippen MR) is 101 cm³/mol. The van der Waals surface area contributed by atoms with Crippen molar-refractivity contribution in [1.82, 2.24) is 0 Å². The number of allylic oxidation sites excluding steroid dienone is 1. The number of rotatable bonds is 7. The molecule has 0 aliphatic carbocycles. The van der Waals surface area contributed by atoms with Crippen LogP contribution in [0, 0.1) is 0 Å². The Kier molecular flexibility index (Phi) is 5.78. The highest BCUT2D eigenvalue weighted by molar-refractivity contribution is 5.86. The van der Waals surface area contributed by atoms with E-state index in [1.807, 2.05) is 91.0 Å². The van der Waals surface area contributed by atoms with Gasteiger partial charge in [0.15, 0.2) is 0 Å². The summed E-state index contributed by atoms with van der Waals surface area (Å²) in [5, 5.41) is 0. The van der Waals surface area contributed by atoms with Gasteiger partial charge in [0, 0.05) is 17.6 Å². The first-order valence-electron chi connectivity index (χ1n) is 8.31. The van der Waals surface area contributed by atoms with E-state index in [1.165, 1.54) is 0 Å². The third kappa shape index (κ3) is 4.67. The van der Waals surface area contributed by atoms with Crippen LogP contribution in [0.4, 0.5) is 0 Å². The second kappa shape index (κ2) is 8.65. The summed E-state index contributed by atoms with van der Waals surface area (Å²) < 4.78 is 6.09. The number of hydrogen-bond acceptors (Lipinski definition) is 2. The van der Waals surface area contributed by atoms with E-state index in [9.17, 15) is 4.79 Å². The van der Waals surface area contributed by atoms with E-state index in [1.54, 1.807) is 0 Å². The van der Waals surface area contributed by atoms with E-state index >= 15 is 0 Å². The third-order valence-corrected chi connectivity index (χ3v) is 3.93. The minimum absolute atomic E-state index is 0.428. The zero-order chi connectivity index (χ0) is 17.3. The fourth-order valence-corrected chi connectivity index (χ4v) is 2.67. The fourth-order valence-electron chi connectivity index (χ4n) is 2.67. The standard InChI is InChI=1S/C23H20O2/c24-17-22(16-19-10-4-1-5-11-19)23(21-14-8-3-9-15-21)25-18-20-12-6-2-7-13-20/h1-15,17H,16,18H2. The zero-order valence-corrected chi connectivity index (χ0v) is 14.0. The molecule has 0 spiro atoms. The lowest BCUT2D eigenvalue weighted by atomic mass is 10.0. The Morgan fingerprint density at radius 1 is 0.720 bits per heavy atom. The van der Waals surface area contributed by atoms with Gasteiger partial charge in [-0.05, 0) is 11.1 Å². The highest BCUT2D eigenvalue weighted by Gasteiger charge is 2.12. The van der Waals surface area contributed by atoms with E-state index in [2.05, 4.69) is 0 Å². The van der Waals surface area contributed by atoms with Crippen LogP contribution in [0.5, 0.6) is 0 Å². The van der Waals surface area contributed by atoms with Crippen LogP contribution in [0.3, 0.4) is 0 Å². The first kappa shape index (κ1) is 16.7. The highest BCUT2D eigenvalue weighted by atomic mass is 16.5. The fraction of sp³-hybridized carbons (Fsp3) is 0.0870. The van der Waals surface area contributed by atoms with Crippen LogP contribution in [0.1, 0.15) is 16.7 Å². The average Bonchev–Trinajstić information content (AvgIpc) is 2.69. The van der Waals surface area contributed by atoms with Crippen LogP contribution >= 0.6 is 0 Å². The first-order chi connectivity index (χ1) is 12.4. The number of carbonyl (C=O) groups is 1. The van der Waals surface area contributed by atoms with Crippen LogP contribution in [-0.2, 0) is 22.6 Å². The summed E-state index contributed by atoms with van der Waals surface area (Å²) in [5.41, 5.74) is 3.71. The molecule has 2 nitrogen and oxygen atoms in total.